The molecular weight excluding hydrogens is 384 g/mol. The van der Waals surface area contributed by atoms with E-state index in [0.29, 0.717) is 23.6 Å². The molecule has 1 fully saturated rings. The lowest BCUT2D eigenvalue weighted by atomic mass is 9.96. The fourth-order valence-corrected chi connectivity index (χ4v) is 3.58. The Hall–Kier alpha value is -1.67. The Morgan fingerprint density at radius 3 is 2.46 bits per heavy atom. The minimum atomic E-state index is -1.29. The molecule has 0 aromatic heterocycles. The summed E-state index contributed by atoms with van der Waals surface area (Å²) in [5, 5.41) is 40.0. The SMILES string of the molecule is CCOc1ccc(Cc2cc(C3O[C@H]([C@H](O)CO)[C@H](O)C3O)ccc2Cl)cc1. The van der Waals surface area contributed by atoms with Gasteiger partial charge in [0.1, 0.15) is 36.3 Å². The normalized spacial score (nSPS) is 25.6. The van der Waals surface area contributed by atoms with Crippen molar-refractivity contribution in [3.63, 3.8) is 0 Å². The van der Waals surface area contributed by atoms with Crippen molar-refractivity contribution in [2.75, 3.05) is 13.2 Å². The van der Waals surface area contributed by atoms with E-state index in [1.165, 1.54) is 0 Å². The van der Waals surface area contributed by atoms with Gasteiger partial charge in [-0.05, 0) is 48.2 Å². The van der Waals surface area contributed by atoms with Crippen molar-refractivity contribution in [3.05, 3.63) is 64.2 Å². The summed E-state index contributed by atoms with van der Waals surface area (Å²) >= 11 is 6.35. The molecule has 3 rings (SSSR count). The van der Waals surface area contributed by atoms with Gasteiger partial charge in [-0.15, -0.1) is 0 Å². The maximum absolute atomic E-state index is 10.3. The highest BCUT2D eigenvalue weighted by atomic mass is 35.5. The molecule has 0 amide bonds. The Kier molecular flexibility index (Phi) is 6.93. The van der Waals surface area contributed by atoms with E-state index >= 15 is 0 Å². The number of aliphatic hydroxyl groups excluding tert-OH is 4. The third-order valence-corrected chi connectivity index (χ3v) is 5.26. The number of rotatable bonds is 7. The lowest BCUT2D eigenvalue weighted by Gasteiger charge is -2.19. The van der Waals surface area contributed by atoms with Gasteiger partial charge in [0, 0.05) is 5.02 Å². The van der Waals surface area contributed by atoms with Crippen LogP contribution in [0.25, 0.3) is 0 Å². The van der Waals surface area contributed by atoms with Crippen molar-refractivity contribution in [2.45, 2.75) is 43.9 Å². The first-order valence-corrected chi connectivity index (χ1v) is 9.63. The highest BCUT2D eigenvalue weighted by molar-refractivity contribution is 6.31. The quantitative estimate of drug-likeness (QED) is 0.558. The molecular formula is C21H25ClO6. The van der Waals surface area contributed by atoms with Gasteiger partial charge < -0.3 is 29.9 Å². The van der Waals surface area contributed by atoms with Crippen molar-refractivity contribution < 1.29 is 29.9 Å². The molecule has 2 unspecified atom stereocenters. The number of benzene rings is 2. The van der Waals surface area contributed by atoms with Gasteiger partial charge in [0.2, 0.25) is 0 Å². The first kappa shape index (κ1) is 21.0. The number of aliphatic hydroxyl groups is 4. The van der Waals surface area contributed by atoms with Crippen molar-refractivity contribution in [3.8, 4) is 5.75 Å². The second kappa shape index (κ2) is 9.22. The zero-order chi connectivity index (χ0) is 20.3. The summed E-state index contributed by atoms with van der Waals surface area (Å²) in [4.78, 5) is 0. The van der Waals surface area contributed by atoms with E-state index in [-0.39, 0.29) is 0 Å². The van der Waals surface area contributed by atoms with Gasteiger partial charge in [0.15, 0.2) is 0 Å². The van der Waals surface area contributed by atoms with E-state index in [0.717, 1.165) is 16.9 Å². The third kappa shape index (κ3) is 4.49. The molecule has 28 heavy (non-hydrogen) atoms. The summed E-state index contributed by atoms with van der Waals surface area (Å²) in [7, 11) is 0. The molecule has 7 heteroatoms. The molecule has 0 spiro atoms. The number of hydrogen-bond donors (Lipinski definition) is 4. The summed E-state index contributed by atoms with van der Waals surface area (Å²) in [5.41, 5.74) is 2.54. The molecule has 6 nitrogen and oxygen atoms in total. The standard InChI is InChI=1S/C21H25ClO6/c1-2-27-15-6-3-12(4-7-15)9-14-10-13(5-8-16(14)22)20-18(25)19(26)21(28-20)17(24)11-23/h3-8,10,17-21,23-26H,2,9,11H2,1H3/t17-,18?,19-,20?,21-/m1/s1. The Bertz CT molecular complexity index is 781. The topological polar surface area (TPSA) is 99.4 Å². The number of halogens is 1. The molecule has 0 saturated carbocycles. The predicted octanol–water partition coefficient (Wildman–Crippen LogP) is 1.84. The molecule has 0 radical (unpaired) electrons. The number of ether oxygens (including phenoxy) is 2. The van der Waals surface area contributed by atoms with Crippen molar-refractivity contribution in [2.24, 2.45) is 0 Å². The smallest absolute Gasteiger partial charge is 0.119 e. The van der Waals surface area contributed by atoms with E-state index in [2.05, 4.69) is 0 Å². The fourth-order valence-electron chi connectivity index (χ4n) is 3.40. The lowest BCUT2D eigenvalue weighted by Crippen LogP contribution is -2.40. The van der Waals surface area contributed by atoms with Crippen LogP contribution in [0.1, 0.15) is 29.7 Å². The predicted molar refractivity (Wildman–Crippen MR) is 105 cm³/mol. The van der Waals surface area contributed by atoms with Crippen LogP contribution in [0.4, 0.5) is 0 Å². The van der Waals surface area contributed by atoms with Crippen LogP contribution in [0.15, 0.2) is 42.5 Å². The maximum atomic E-state index is 10.3. The minimum Gasteiger partial charge on any atom is -0.494 e. The van der Waals surface area contributed by atoms with Crippen LogP contribution < -0.4 is 4.74 Å². The van der Waals surface area contributed by atoms with Crippen molar-refractivity contribution in [1.29, 1.82) is 0 Å². The van der Waals surface area contributed by atoms with Crippen LogP contribution in [0, 0.1) is 0 Å². The third-order valence-electron chi connectivity index (χ3n) is 4.89. The number of hydrogen-bond acceptors (Lipinski definition) is 6. The Balaban J connectivity index is 1.79. The molecule has 0 aliphatic carbocycles. The van der Waals surface area contributed by atoms with E-state index in [4.69, 9.17) is 26.2 Å². The zero-order valence-electron chi connectivity index (χ0n) is 15.5. The highest BCUT2D eigenvalue weighted by Crippen LogP contribution is 2.36. The second-order valence-corrected chi connectivity index (χ2v) is 7.26. The second-order valence-electron chi connectivity index (χ2n) is 6.86. The maximum Gasteiger partial charge on any atom is 0.119 e. The van der Waals surface area contributed by atoms with Crippen molar-refractivity contribution >= 4 is 11.6 Å². The van der Waals surface area contributed by atoms with Crippen LogP contribution in [-0.4, -0.2) is 58.1 Å². The van der Waals surface area contributed by atoms with E-state index < -0.39 is 37.1 Å². The minimum absolute atomic E-state index is 0.565. The summed E-state index contributed by atoms with van der Waals surface area (Å²) in [6, 6.07) is 13.0. The van der Waals surface area contributed by atoms with Gasteiger partial charge in [0.25, 0.3) is 0 Å². The van der Waals surface area contributed by atoms with Crippen LogP contribution >= 0.6 is 11.6 Å². The molecule has 1 aliphatic rings. The zero-order valence-corrected chi connectivity index (χ0v) is 16.3. The molecule has 0 bridgehead atoms. The first-order chi connectivity index (χ1) is 13.4. The van der Waals surface area contributed by atoms with E-state index in [1.807, 2.05) is 37.3 Å². The highest BCUT2D eigenvalue weighted by Gasteiger charge is 2.46. The lowest BCUT2D eigenvalue weighted by molar-refractivity contribution is -0.0820. The first-order valence-electron chi connectivity index (χ1n) is 9.25. The summed E-state index contributed by atoms with van der Waals surface area (Å²) < 4.78 is 11.1. The van der Waals surface area contributed by atoms with Gasteiger partial charge in [-0.25, -0.2) is 0 Å². The van der Waals surface area contributed by atoms with Crippen LogP contribution in [-0.2, 0) is 11.2 Å². The molecule has 1 aliphatic heterocycles. The van der Waals surface area contributed by atoms with Crippen LogP contribution in [0.3, 0.4) is 0 Å². The van der Waals surface area contributed by atoms with Gasteiger partial charge >= 0.3 is 0 Å². The Morgan fingerprint density at radius 1 is 1.11 bits per heavy atom. The summed E-state index contributed by atoms with van der Waals surface area (Å²) in [6.07, 6.45) is -5.09. The van der Waals surface area contributed by atoms with E-state index in [1.54, 1.807) is 12.1 Å². The van der Waals surface area contributed by atoms with E-state index in [9.17, 15) is 15.3 Å². The molecule has 1 heterocycles. The fraction of sp³-hybridized carbons (Fsp3) is 0.429. The van der Waals surface area contributed by atoms with Crippen LogP contribution in [0.5, 0.6) is 5.75 Å². The molecule has 2 aromatic carbocycles. The Labute approximate surface area is 168 Å². The summed E-state index contributed by atoms with van der Waals surface area (Å²) in [6.45, 7) is 1.97. The molecule has 5 atom stereocenters. The van der Waals surface area contributed by atoms with Gasteiger partial charge in [-0.3, -0.25) is 0 Å². The molecule has 2 aromatic rings. The average Bonchev–Trinajstić information content (AvgIpc) is 3.00. The largest absolute Gasteiger partial charge is 0.494 e. The average molecular weight is 409 g/mol. The van der Waals surface area contributed by atoms with Gasteiger partial charge in [-0.2, -0.15) is 0 Å². The summed E-state index contributed by atoms with van der Waals surface area (Å²) in [5.74, 6) is 0.802. The molecule has 4 N–H and O–H groups in total. The van der Waals surface area contributed by atoms with Gasteiger partial charge in [0.05, 0.1) is 13.2 Å². The molecule has 152 valence electrons. The Morgan fingerprint density at radius 2 is 1.82 bits per heavy atom. The monoisotopic (exact) mass is 408 g/mol. The van der Waals surface area contributed by atoms with Crippen molar-refractivity contribution in [1.82, 2.24) is 0 Å². The molecule has 1 saturated heterocycles. The van der Waals surface area contributed by atoms with Gasteiger partial charge in [-0.1, -0.05) is 35.9 Å². The van der Waals surface area contributed by atoms with Crippen LogP contribution in [0.2, 0.25) is 5.02 Å².